The quantitative estimate of drug-likeness (QED) is 0.714. The van der Waals surface area contributed by atoms with Gasteiger partial charge in [0.1, 0.15) is 17.1 Å². The molecule has 0 saturated heterocycles. The molecular weight excluding hydrogens is 305 g/mol. The smallest absolute Gasteiger partial charge is 0.433 e. The van der Waals surface area contributed by atoms with Gasteiger partial charge in [0.05, 0.1) is 0 Å². The van der Waals surface area contributed by atoms with E-state index in [9.17, 15) is 18.0 Å². The Bertz CT molecular complexity index is 481. The van der Waals surface area contributed by atoms with Gasteiger partial charge in [0.25, 0.3) is 0 Å². The molecule has 1 rings (SSSR count). The number of halogens is 3. The van der Waals surface area contributed by atoms with Crippen LogP contribution in [0.5, 0.6) is 0 Å². The lowest BCUT2D eigenvalue weighted by Gasteiger charge is -2.12. The van der Waals surface area contributed by atoms with E-state index in [0.29, 0.717) is 12.6 Å². The van der Waals surface area contributed by atoms with Crippen LogP contribution in [0.2, 0.25) is 0 Å². The fourth-order valence-electron chi connectivity index (χ4n) is 1.68. The van der Waals surface area contributed by atoms with Gasteiger partial charge in [0.2, 0.25) is 0 Å². The molecule has 4 nitrogen and oxygen atoms in total. The SMILES string of the molecule is CSCCCCCNc1nc(C(F)(F)F)ccc1C(=O)O. The third-order valence-electron chi connectivity index (χ3n) is 2.73. The van der Waals surface area contributed by atoms with Gasteiger partial charge >= 0.3 is 12.1 Å². The maximum atomic E-state index is 12.6. The first-order valence-corrected chi connectivity index (χ1v) is 7.80. The molecule has 0 aliphatic carbocycles. The number of aromatic nitrogens is 1. The number of hydrogen-bond acceptors (Lipinski definition) is 4. The van der Waals surface area contributed by atoms with Crippen LogP contribution in [0.1, 0.15) is 35.3 Å². The number of hydrogen-bond donors (Lipinski definition) is 2. The lowest BCUT2D eigenvalue weighted by Crippen LogP contribution is -2.14. The highest BCUT2D eigenvalue weighted by atomic mass is 32.2. The van der Waals surface area contributed by atoms with Crippen molar-refractivity contribution < 1.29 is 23.1 Å². The van der Waals surface area contributed by atoms with Gasteiger partial charge in [-0.05, 0) is 37.0 Å². The Hall–Kier alpha value is -1.44. The van der Waals surface area contributed by atoms with Crippen LogP contribution in [0.15, 0.2) is 12.1 Å². The second-order valence-electron chi connectivity index (χ2n) is 4.38. The van der Waals surface area contributed by atoms with E-state index >= 15 is 0 Å². The van der Waals surface area contributed by atoms with Gasteiger partial charge in [-0.3, -0.25) is 0 Å². The minimum atomic E-state index is -4.59. The number of nitrogens with zero attached hydrogens (tertiary/aromatic N) is 1. The first kappa shape index (κ1) is 17.6. The molecule has 0 aliphatic rings. The van der Waals surface area contributed by atoms with E-state index in [1.807, 2.05) is 6.26 Å². The zero-order valence-corrected chi connectivity index (χ0v) is 12.4. The number of pyridine rings is 1. The number of aromatic carboxylic acids is 1. The summed E-state index contributed by atoms with van der Waals surface area (Å²) in [5.41, 5.74) is -1.36. The monoisotopic (exact) mass is 322 g/mol. The third kappa shape index (κ3) is 5.82. The molecule has 21 heavy (non-hydrogen) atoms. The summed E-state index contributed by atoms with van der Waals surface area (Å²) in [4.78, 5) is 14.4. The average Bonchev–Trinajstić information content (AvgIpc) is 2.41. The molecule has 0 fully saturated rings. The second kappa shape index (κ2) is 8.11. The summed E-state index contributed by atoms with van der Waals surface area (Å²) in [5.74, 6) is -0.509. The molecule has 1 heterocycles. The zero-order chi connectivity index (χ0) is 15.9. The molecule has 0 spiro atoms. The summed E-state index contributed by atoms with van der Waals surface area (Å²) in [6.07, 6.45) is 0.104. The zero-order valence-electron chi connectivity index (χ0n) is 11.5. The normalized spacial score (nSPS) is 11.4. The summed E-state index contributed by atoms with van der Waals surface area (Å²) in [6, 6.07) is 1.60. The Labute approximate surface area is 125 Å². The summed E-state index contributed by atoms with van der Waals surface area (Å²) >= 11 is 1.73. The van der Waals surface area contributed by atoms with Gasteiger partial charge in [0.15, 0.2) is 0 Å². The van der Waals surface area contributed by atoms with Crippen molar-refractivity contribution in [2.45, 2.75) is 25.4 Å². The first-order chi connectivity index (χ1) is 9.86. The number of carboxylic acids is 1. The molecule has 1 aromatic rings. The van der Waals surface area contributed by atoms with E-state index < -0.39 is 17.8 Å². The molecule has 1 aromatic heterocycles. The molecule has 118 valence electrons. The molecule has 0 amide bonds. The van der Waals surface area contributed by atoms with Gasteiger partial charge in [-0.2, -0.15) is 24.9 Å². The predicted octanol–water partition coefficient (Wildman–Crippen LogP) is 3.74. The number of carbonyl (C=O) groups is 1. The van der Waals surface area contributed by atoms with Crippen molar-refractivity contribution in [3.8, 4) is 0 Å². The van der Waals surface area contributed by atoms with Crippen LogP contribution in [-0.2, 0) is 6.18 Å². The number of nitrogens with one attached hydrogen (secondary N) is 1. The Morgan fingerprint density at radius 3 is 2.62 bits per heavy atom. The maximum Gasteiger partial charge on any atom is 0.433 e. The van der Waals surface area contributed by atoms with Crippen LogP contribution in [0.4, 0.5) is 19.0 Å². The molecule has 0 radical (unpaired) electrons. The standard InChI is InChI=1S/C13H17F3N2O2S/c1-21-8-4-2-3-7-17-11-9(12(19)20)5-6-10(18-11)13(14,15)16/h5-6H,2-4,7-8H2,1H3,(H,17,18)(H,19,20). The summed E-state index contributed by atoms with van der Waals surface area (Å²) in [6.45, 7) is 0.392. The van der Waals surface area contributed by atoms with Gasteiger partial charge in [-0.1, -0.05) is 6.42 Å². The molecule has 2 N–H and O–H groups in total. The van der Waals surface area contributed by atoms with Gasteiger partial charge in [-0.15, -0.1) is 0 Å². The lowest BCUT2D eigenvalue weighted by molar-refractivity contribution is -0.141. The van der Waals surface area contributed by atoms with Crippen molar-refractivity contribution in [2.24, 2.45) is 0 Å². The number of unbranched alkanes of at least 4 members (excludes halogenated alkanes) is 2. The van der Waals surface area contributed by atoms with E-state index in [0.717, 1.165) is 31.1 Å². The maximum absolute atomic E-state index is 12.6. The Kier molecular flexibility index (Phi) is 6.80. The van der Waals surface area contributed by atoms with Gasteiger partial charge in [-0.25, -0.2) is 9.78 Å². The second-order valence-corrected chi connectivity index (χ2v) is 5.36. The predicted molar refractivity (Wildman–Crippen MR) is 76.9 cm³/mol. The molecule has 8 heteroatoms. The average molecular weight is 322 g/mol. The third-order valence-corrected chi connectivity index (χ3v) is 3.43. The van der Waals surface area contributed by atoms with E-state index in [1.165, 1.54) is 0 Å². The molecule has 0 aromatic carbocycles. The molecule has 0 aliphatic heterocycles. The van der Waals surface area contributed by atoms with Gasteiger partial charge in [0, 0.05) is 6.54 Å². The van der Waals surface area contributed by atoms with E-state index in [2.05, 4.69) is 10.3 Å². The van der Waals surface area contributed by atoms with Crippen LogP contribution in [-0.4, -0.2) is 34.6 Å². The largest absolute Gasteiger partial charge is 0.478 e. The lowest BCUT2D eigenvalue weighted by atomic mass is 10.2. The minimum Gasteiger partial charge on any atom is -0.478 e. The molecule has 0 bridgehead atoms. The van der Waals surface area contributed by atoms with E-state index in [1.54, 1.807) is 11.8 Å². The number of rotatable bonds is 8. The summed E-state index contributed by atoms with van der Waals surface area (Å²) < 4.78 is 37.8. The molecule has 0 unspecified atom stereocenters. The number of carboxylic acid groups (broad SMARTS) is 1. The number of anilines is 1. The highest BCUT2D eigenvalue weighted by molar-refractivity contribution is 7.98. The molecule has 0 atom stereocenters. The van der Waals surface area contributed by atoms with Crippen LogP contribution in [0.25, 0.3) is 0 Å². The van der Waals surface area contributed by atoms with E-state index in [-0.39, 0.29) is 11.4 Å². The van der Waals surface area contributed by atoms with E-state index in [4.69, 9.17) is 5.11 Å². The van der Waals surface area contributed by atoms with Crippen LogP contribution in [0.3, 0.4) is 0 Å². The molecular formula is C13H17F3N2O2S. The van der Waals surface area contributed by atoms with Crippen molar-refractivity contribution >= 4 is 23.5 Å². The minimum absolute atomic E-state index is 0.234. The first-order valence-electron chi connectivity index (χ1n) is 6.40. The summed E-state index contributed by atoms with van der Waals surface area (Å²) in [5, 5.41) is 11.7. The highest BCUT2D eigenvalue weighted by Crippen LogP contribution is 2.29. The number of alkyl halides is 3. The Morgan fingerprint density at radius 1 is 1.33 bits per heavy atom. The van der Waals surface area contributed by atoms with Crippen LogP contribution < -0.4 is 5.32 Å². The fraction of sp³-hybridized carbons (Fsp3) is 0.538. The number of thioether (sulfide) groups is 1. The van der Waals surface area contributed by atoms with Crippen molar-refractivity contribution in [3.63, 3.8) is 0 Å². The fourth-order valence-corrected chi connectivity index (χ4v) is 2.17. The van der Waals surface area contributed by atoms with Crippen molar-refractivity contribution in [1.82, 2.24) is 4.98 Å². The van der Waals surface area contributed by atoms with Gasteiger partial charge < -0.3 is 10.4 Å². The van der Waals surface area contributed by atoms with Crippen LogP contribution >= 0.6 is 11.8 Å². The molecule has 0 saturated carbocycles. The Morgan fingerprint density at radius 2 is 2.05 bits per heavy atom. The highest BCUT2D eigenvalue weighted by Gasteiger charge is 2.33. The van der Waals surface area contributed by atoms with Crippen LogP contribution in [0, 0.1) is 0 Å². The van der Waals surface area contributed by atoms with Crippen molar-refractivity contribution in [2.75, 3.05) is 23.9 Å². The van der Waals surface area contributed by atoms with Crippen molar-refractivity contribution in [1.29, 1.82) is 0 Å². The van der Waals surface area contributed by atoms with Crippen molar-refractivity contribution in [3.05, 3.63) is 23.4 Å². The summed E-state index contributed by atoms with van der Waals surface area (Å²) in [7, 11) is 0. The Balaban J connectivity index is 2.71. The topological polar surface area (TPSA) is 62.2 Å².